The summed E-state index contributed by atoms with van der Waals surface area (Å²) in [6, 6.07) is 5.84. The Kier molecular flexibility index (Phi) is 4.19. The quantitative estimate of drug-likeness (QED) is 0.929. The maximum Gasteiger partial charge on any atom is 0.179 e. The zero-order valence-corrected chi connectivity index (χ0v) is 12.6. The number of aromatic nitrogens is 2. The molecular formula is C11H11BrN2OS2. The maximum atomic E-state index is 9.72. The van der Waals surface area contributed by atoms with E-state index in [2.05, 4.69) is 26.1 Å². The van der Waals surface area contributed by atoms with Crippen molar-refractivity contribution >= 4 is 39.0 Å². The Labute approximate surface area is 116 Å². The molecule has 0 amide bonds. The predicted octanol–water partition coefficient (Wildman–Crippen LogP) is 3.81. The number of aryl methyl sites for hydroxylation is 1. The molecule has 0 saturated carbocycles. The van der Waals surface area contributed by atoms with Gasteiger partial charge in [0.1, 0.15) is 5.01 Å². The van der Waals surface area contributed by atoms with Crippen LogP contribution in [0.2, 0.25) is 0 Å². The van der Waals surface area contributed by atoms with Crippen molar-refractivity contribution in [1.29, 1.82) is 0 Å². The van der Waals surface area contributed by atoms with E-state index in [0.717, 1.165) is 24.3 Å². The zero-order valence-electron chi connectivity index (χ0n) is 9.35. The van der Waals surface area contributed by atoms with Crippen LogP contribution in [-0.2, 0) is 0 Å². The van der Waals surface area contributed by atoms with Gasteiger partial charge in [0.25, 0.3) is 0 Å². The lowest BCUT2D eigenvalue weighted by molar-refractivity contribution is 0.196. The summed E-state index contributed by atoms with van der Waals surface area (Å²) in [5, 5.41) is 18.7. The normalized spacial score (nSPS) is 12.7. The molecule has 1 unspecified atom stereocenters. The van der Waals surface area contributed by atoms with Crippen LogP contribution in [0.5, 0.6) is 0 Å². The lowest BCUT2D eigenvalue weighted by Gasteiger charge is -2.10. The van der Waals surface area contributed by atoms with Crippen molar-refractivity contribution in [3.63, 3.8) is 0 Å². The molecule has 2 aromatic rings. The predicted molar refractivity (Wildman–Crippen MR) is 73.5 cm³/mol. The number of benzene rings is 1. The maximum absolute atomic E-state index is 9.72. The molecule has 6 heteroatoms. The van der Waals surface area contributed by atoms with Crippen molar-refractivity contribution in [2.75, 3.05) is 0 Å². The lowest BCUT2D eigenvalue weighted by Crippen LogP contribution is -1.93. The van der Waals surface area contributed by atoms with Crippen molar-refractivity contribution in [2.45, 2.75) is 29.2 Å². The first kappa shape index (κ1) is 13.0. The number of rotatable bonds is 3. The molecule has 3 nitrogen and oxygen atoms in total. The Bertz CT molecular complexity index is 528. The monoisotopic (exact) mass is 330 g/mol. The third kappa shape index (κ3) is 3.28. The summed E-state index contributed by atoms with van der Waals surface area (Å²) < 4.78 is 1.88. The summed E-state index contributed by atoms with van der Waals surface area (Å²) in [7, 11) is 0. The van der Waals surface area contributed by atoms with Crippen LogP contribution >= 0.6 is 39.0 Å². The smallest absolute Gasteiger partial charge is 0.179 e. The van der Waals surface area contributed by atoms with E-state index < -0.39 is 6.10 Å². The van der Waals surface area contributed by atoms with Gasteiger partial charge in [-0.25, -0.2) is 0 Å². The molecule has 0 aliphatic heterocycles. The standard InChI is InChI=1S/C11H11BrN2OS2/c1-6(15)9-4-3-8(12)5-10(9)17-11-14-13-7(2)16-11/h3-6,15H,1-2H3. The summed E-state index contributed by atoms with van der Waals surface area (Å²) in [4.78, 5) is 1.01. The largest absolute Gasteiger partial charge is 0.389 e. The van der Waals surface area contributed by atoms with Crippen LogP contribution < -0.4 is 0 Å². The molecule has 1 atom stereocenters. The second-order valence-electron chi connectivity index (χ2n) is 3.55. The van der Waals surface area contributed by atoms with Gasteiger partial charge in [0.15, 0.2) is 4.34 Å². The second kappa shape index (κ2) is 5.48. The minimum Gasteiger partial charge on any atom is -0.389 e. The van der Waals surface area contributed by atoms with Crippen LogP contribution in [0.3, 0.4) is 0 Å². The van der Waals surface area contributed by atoms with Crippen LogP contribution in [0.15, 0.2) is 31.9 Å². The molecule has 1 heterocycles. The summed E-state index contributed by atoms with van der Waals surface area (Å²) >= 11 is 6.52. The Morgan fingerprint density at radius 1 is 1.41 bits per heavy atom. The van der Waals surface area contributed by atoms with Gasteiger partial charge in [-0.2, -0.15) is 0 Å². The molecule has 2 rings (SSSR count). The highest BCUT2D eigenvalue weighted by Gasteiger charge is 2.12. The first-order chi connectivity index (χ1) is 8.06. The third-order valence-electron chi connectivity index (χ3n) is 2.13. The van der Waals surface area contributed by atoms with Gasteiger partial charge in [0.05, 0.1) is 6.10 Å². The highest BCUT2D eigenvalue weighted by atomic mass is 79.9. The highest BCUT2D eigenvalue weighted by Crippen LogP contribution is 2.36. The molecule has 1 aromatic heterocycles. The summed E-state index contributed by atoms with van der Waals surface area (Å²) in [6.07, 6.45) is -0.486. The van der Waals surface area contributed by atoms with Crippen molar-refractivity contribution in [3.05, 3.63) is 33.2 Å². The molecule has 17 heavy (non-hydrogen) atoms. The summed E-state index contributed by atoms with van der Waals surface area (Å²) in [6.45, 7) is 3.69. The molecule has 0 bridgehead atoms. The van der Waals surface area contributed by atoms with E-state index in [1.807, 2.05) is 25.1 Å². The number of hydrogen-bond donors (Lipinski definition) is 1. The molecular weight excluding hydrogens is 320 g/mol. The van der Waals surface area contributed by atoms with Crippen LogP contribution in [0.25, 0.3) is 0 Å². The minimum atomic E-state index is -0.486. The van der Waals surface area contributed by atoms with Crippen LogP contribution in [0.1, 0.15) is 23.6 Å². The Hall–Kier alpha value is -0.430. The summed E-state index contributed by atoms with van der Waals surface area (Å²) in [5.41, 5.74) is 0.908. The first-order valence-corrected chi connectivity index (χ1v) is 7.44. The molecule has 90 valence electrons. The van der Waals surface area contributed by atoms with Gasteiger partial charge in [0.2, 0.25) is 0 Å². The fourth-order valence-electron chi connectivity index (χ4n) is 1.36. The van der Waals surface area contributed by atoms with E-state index in [1.165, 1.54) is 11.8 Å². The minimum absolute atomic E-state index is 0.486. The molecule has 0 radical (unpaired) electrons. The van der Waals surface area contributed by atoms with E-state index in [9.17, 15) is 5.11 Å². The van der Waals surface area contributed by atoms with Crippen LogP contribution in [-0.4, -0.2) is 15.3 Å². The van der Waals surface area contributed by atoms with Crippen molar-refractivity contribution < 1.29 is 5.11 Å². The highest BCUT2D eigenvalue weighted by molar-refractivity contribution is 9.10. The first-order valence-electron chi connectivity index (χ1n) is 5.01. The number of aliphatic hydroxyl groups excluding tert-OH is 1. The van der Waals surface area contributed by atoms with Gasteiger partial charge in [-0.3, -0.25) is 0 Å². The van der Waals surface area contributed by atoms with Crippen molar-refractivity contribution in [3.8, 4) is 0 Å². The lowest BCUT2D eigenvalue weighted by atomic mass is 10.1. The van der Waals surface area contributed by atoms with Gasteiger partial charge in [-0.05, 0) is 31.5 Å². The fourth-order valence-corrected chi connectivity index (χ4v) is 3.89. The fraction of sp³-hybridized carbons (Fsp3) is 0.273. The van der Waals surface area contributed by atoms with Crippen molar-refractivity contribution in [2.24, 2.45) is 0 Å². The average molecular weight is 331 g/mol. The SMILES string of the molecule is Cc1nnc(Sc2cc(Br)ccc2C(C)O)s1. The van der Waals surface area contributed by atoms with Gasteiger partial charge >= 0.3 is 0 Å². The van der Waals surface area contributed by atoms with E-state index in [1.54, 1.807) is 18.3 Å². The number of nitrogens with zero attached hydrogens (tertiary/aromatic N) is 2. The molecule has 1 N–H and O–H groups in total. The molecule has 0 aliphatic carbocycles. The van der Waals surface area contributed by atoms with Crippen LogP contribution in [0.4, 0.5) is 0 Å². The Balaban J connectivity index is 2.33. The average Bonchev–Trinajstić information content (AvgIpc) is 2.63. The van der Waals surface area contributed by atoms with Gasteiger partial charge in [-0.15, -0.1) is 10.2 Å². The van der Waals surface area contributed by atoms with E-state index in [-0.39, 0.29) is 0 Å². The molecule has 0 saturated heterocycles. The zero-order chi connectivity index (χ0) is 12.4. The third-order valence-corrected chi connectivity index (χ3v) is 4.59. The van der Waals surface area contributed by atoms with Gasteiger partial charge < -0.3 is 5.11 Å². The molecule has 1 aromatic carbocycles. The molecule has 0 fully saturated rings. The van der Waals surface area contributed by atoms with E-state index >= 15 is 0 Å². The van der Waals surface area contributed by atoms with Gasteiger partial charge in [-0.1, -0.05) is 45.1 Å². The number of halogens is 1. The Morgan fingerprint density at radius 2 is 2.18 bits per heavy atom. The Morgan fingerprint density at radius 3 is 2.76 bits per heavy atom. The van der Waals surface area contributed by atoms with E-state index in [4.69, 9.17) is 0 Å². The van der Waals surface area contributed by atoms with Crippen LogP contribution in [0, 0.1) is 6.92 Å². The molecule has 0 aliphatic rings. The number of hydrogen-bond acceptors (Lipinski definition) is 5. The van der Waals surface area contributed by atoms with E-state index in [0.29, 0.717) is 0 Å². The second-order valence-corrected chi connectivity index (χ2v) is 6.93. The molecule has 0 spiro atoms. The summed E-state index contributed by atoms with van der Waals surface area (Å²) in [5.74, 6) is 0. The number of aliphatic hydroxyl groups is 1. The van der Waals surface area contributed by atoms with Gasteiger partial charge in [0, 0.05) is 9.37 Å². The van der Waals surface area contributed by atoms with Crippen molar-refractivity contribution in [1.82, 2.24) is 10.2 Å². The topological polar surface area (TPSA) is 46.0 Å².